The summed E-state index contributed by atoms with van der Waals surface area (Å²) in [7, 11) is 4.37. The minimum Gasteiger partial charge on any atom is -0.504 e. The lowest BCUT2D eigenvalue weighted by Crippen LogP contribution is -2.41. The predicted octanol–water partition coefficient (Wildman–Crippen LogP) is 2.32. The normalized spacial score (nSPS) is 17.6. The number of phenolic OH excluding ortho intramolecular Hbond substituents is 1. The third kappa shape index (κ3) is 3.87. The van der Waals surface area contributed by atoms with Gasteiger partial charge < -0.3 is 14.7 Å². The van der Waals surface area contributed by atoms with E-state index in [2.05, 4.69) is 23.9 Å². The van der Waals surface area contributed by atoms with Gasteiger partial charge in [-0.15, -0.1) is 0 Å². The Morgan fingerprint density at radius 2 is 2.05 bits per heavy atom. The Hall–Kier alpha value is -1.26. The van der Waals surface area contributed by atoms with Crippen LogP contribution < -0.4 is 4.74 Å². The Bertz CT molecular complexity index is 428. The van der Waals surface area contributed by atoms with Crippen LogP contribution in [-0.4, -0.2) is 54.7 Å². The number of hydrogen-bond acceptors (Lipinski definition) is 4. The number of piperidine rings is 1. The molecule has 1 fully saturated rings. The summed E-state index contributed by atoms with van der Waals surface area (Å²) in [5.74, 6) is 0.805. The molecule has 1 aromatic carbocycles. The third-order valence-corrected chi connectivity index (χ3v) is 4.07. The summed E-state index contributed by atoms with van der Waals surface area (Å²) >= 11 is 0. The quantitative estimate of drug-likeness (QED) is 0.896. The number of likely N-dealkylation sites (tertiary alicyclic amines) is 1. The Labute approximate surface area is 122 Å². The molecule has 2 rings (SSSR count). The summed E-state index contributed by atoms with van der Waals surface area (Å²) in [6.07, 6.45) is 2.45. The lowest BCUT2D eigenvalue weighted by Gasteiger charge is -2.35. The van der Waals surface area contributed by atoms with Crippen molar-refractivity contribution in [1.82, 2.24) is 9.80 Å². The van der Waals surface area contributed by atoms with Crippen molar-refractivity contribution in [3.63, 3.8) is 0 Å². The van der Waals surface area contributed by atoms with Crippen LogP contribution in [0.2, 0.25) is 0 Å². The maximum Gasteiger partial charge on any atom is 0.161 e. The summed E-state index contributed by atoms with van der Waals surface area (Å²) in [6.45, 7) is 5.75. The topological polar surface area (TPSA) is 35.9 Å². The Balaban J connectivity index is 1.96. The SMILES string of the molecule is CCOc1cc(CN(C)C2CCN(C)CC2)ccc1O. The van der Waals surface area contributed by atoms with Crippen molar-refractivity contribution in [1.29, 1.82) is 0 Å². The number of phenols is 1. The first-order chi connectivity index (χ1) is 9.60. The molecule has 1 aromatic rings. The largest absolute Gasteiger partial charge is 0.504 e. The van der Waals surface area contributed by atoms with Crippen LogP contribution in [0.4, 0.5) is 0 Å². The van der Waals surface area contributed by atoms with E-state index in [4.69, 9.17) is 4.74 Å². The lowest BCUT2D eigenvalue weighted by molar-refractivity contribution is 0.139. The summed E-state index contributed by atoms with van der Waals surface area (Å²) in [4.78, 5) is 4.80. The number of hydrogen-bond donors (Lipinski definition) is 1. The van der Waals surface area contributed by atoms with Gasteiger partial charge in [-0.2, -0.15) is 0 Å². The maximum atomic E-state index is 9.73. The molecule has 0 aliphatic carbocycles. The van der Waals surface area contributed by atoms with Crippen molar-refractivity contribution in [2.24, 2.45) is 0 Å². The summed E-state index contributed by atoms with van der Waals surface area (Å²) in [5.41, 5.74) is 1.19. The highest BCUT2D eigenvalue weighted by atomic mass is 16.5. The average molecular weight is 278 g/mol. The zero-order valence-electron chi connectivity index (χ0n) is 12.8. The summed E-state index contributed by atoms with van der Waals surface area (Å²) < 4.78 is 5.44. The van der Waals surface area contributed by atoms with E-state index >= 15 is 0 Å². The Morgan fingerprint density at radius 1 is 1.35 bits per heavy atom. The standard InChI is InChI=1S/C16H26N2O2/c1-4-20-16-11-13(5-6-15(16)19)12-18(3)14-7-9-17(2)10-8-14/h5-6,11,14,19H,4,7-10,12H2,1-3H3. The third-order valence-electron chi connectivity index (χ3n) is 4.07. The van der Waals surface area contributed by atoms with Crippen LogP contribution in [0, 0.1) is 0 Å². The molecule has 0 spiro atoms. The number of nitrogens with zero attached hydrogens (tertiary/aromatic N) is 2. The van der Waals surface area contributed by atoms with E-state index in [1.54, 1.807) is 6.07 Å². The van der Waals surface area contributed by atoms with Crippen LogP contribution in [0.1, 0.15) is 25.3 Å². The maximum absolute atomic E-state index is 9.73. The van der Waals surface area contributed by atoms with E-state index in [1.807, 2.05) is 19.1 Å². The first-order valence-electron chi connectivity index (χ1n) is 7.43. The van der Waals surface area contributed by atoms with Crippen LogP contribution in [0.15, 0.2) is 18.2 Å². The Kier molecular flexibility index (Phi) is 5.26. The van der Waals surface area contributed by atoms with Gasteiger partial charge in [0, 0.05) is 12.6 Å². The number of ether oxygens (including phenoxy) is 1. The van der Waals surface area contributed by atoms with E-state index in [9.17, 15) is 5.11 Å². The molecule has 0 amide bonds. The molecule has 0 aromatic heterocycles. The Morgan fingerprint density at radius 3 is 2.70 bits per heavy atom. The van der Waals surface area contributed by atoms with Gasteiger partial charge in [0.15, 0.2) is 11.5 Å². The van der Waals surface area contributed by atoms with Crippen LogP contribution in [0.3, 0.4) is 0 Å². The number of rotatable bonds is 5. The molecule has 4 heteroatoms. The van der Waals surface area contributed by atoms with Crippen LogP contribution in [-0.2, 0) is 6.54 Å². The lowest BCUT2D eigenvalue weighted by atomic mass is 10.0. The fraction of sp³-hybridized carbons (Fsp3) is 0.625. The molecule has 0 atom stereocenters. The average Bonchev–Trinajstić information content (AvgIpc) is 2.43. The molecule has 1 saturated heterocycles. The molecule has 1 aliphatic heterocycles. The second kappa shape index (κ2) is 6.95. The molecular formula is C16H26N2O2. The van der Waals surface area contributed by atoms with Gasteiger partial charge in [-0.1, -0.05) is 6.07 Å². The van der Waals surface area contributed by atoms with Gasteiger partial charge in [0.25, 0.3) is 0 Å². The zero-order chi connectivity index (χ0) is 14.5. The minimum atomic E-state index is 0.220. The molecule has 112 valence electrons. The van der Waals surface area contributed by atoms with E-state index in [-0.39, 0.29) is 5.75 Å². The molecule has 0 bridgehead atoms. The van der Waals surface area contributed by atoms with Crippen LogP contribution in [0.5, 0.6) is 11.5 Å². The van der Waals surface area contributed by atoms with E-state index in [1.165, 1.54) is 31.5 Å². The van der Waals surface area contributed by atoms with Gasteiger partial charge in [-0.05, 0) is 64.6 Å². The van der Waals surface area contributed by atoms with E-state index in [0.29, 0.717) is 18.4 Å². The van der Waals surface area contributed by atoms with E-state index in [0.717, 1.165) is 6.54 Å². The number of benzene rings is 1. The van der Waals surface area contributed by atoms with Crippen molar-refractivity contribution in [2.75, 3.05) is 33.8 Å². The highest BCUT2D eigenvalue weighted by Gasteiger charge is 2.20. The molecule has 0 unspecified atom stereocenters. The first kappa shape index (κ1) is 15.1. The van der Waals surface area contributed by atoms with Gasteiger partial charge in [0.05, 0.1) is 6.61 Å². The van der Waals surface area contributed by atoms with Crippen molar-refractivity contribution in [3.05, 3.63) is 23.8 Å². The van der Waals surface area contributed by atoms with Gasteiger partial charge in [0.2, 0.25) is 0 Å². The summed E-state index contributed by atoms with van der Waals surface area (Å²) in [6, 6.07) is 6.30. The minimum absolute atomic E-state index is 0.220. The van der Waals surface area contributed by atoms with Gasteiger partial charge in [-0.25, -0.2) is 0 Å². The summed E-state index contributed by atoms with van der Waals surface area (Å²) in [5, 5.41) is 9.73. The van der Waals surface area contributed by atoms with Crippen molar-refractivity contribution in [3.8, 4) is 11.5 Å². The molecule has 1 N–H and O–H groups in total. The van der Waals surface area contributed by atoms with Gasteiger partial charge in [-0.3, -0.25) is 4.90 Å². The molecular weight excluding hydrogens is 252 g/mol. The molecule has 0 saturated carbocycles. The molecule has 0 radical (unpaired) electrons. The molecule has 1 aliphatic rings. The number of aromatic hydroxyl groups is 1. The molecule has 4 nitrogen and oxygen atoms in total. The van der Waals surface area contributed by atoms with E-state index < -0.39 is 0 Å². The highest BCUT2D eigenvalue weighted by molar-refractivity contribution is 5.41. The first-order valence-corrected chi connectivity index (χ1v) is 7.43. The van der Waals surface area contributed by atoms with Crippen molar-refractivity contribution < 1.29 is 9.84 Å². The van der Waals surface area contributed by atoms with Crippen molar-refractivity contribution >= 4 is 0 Å². The second-order valence-corrected chi connectivity index (χ2v) is 5.68. The fourth-order valence-electron chi connectivity index (χ4n) is 2.78. The van der Waals surface area contributed by atoms with Gasteiger partial charge >= 0.3 is 0 Å². The monoisotopic (exact) mass is 278 g/mol. The molecule has 1 heterocycles. The van der Waals surface area contributed by atoms with Crippen LogP contribution in [0.25, 0.3) is 0 Å². The highest BCUT2D eigenvalue weighted by Crippen LogP contribution is 2.28. The predicted molar refractivity (Wildman–Crippen MR) is 81.3 cm³/mol. The fourth-order valence-corrected chi connectivity index (χ4v) is 2.78. The zero-order valence-corrected chi connectivity index (χ0v) is 12.8. The second-order valence-electron chi connectivity index (χ2n) is 5.68. The van der Waals surface area contributed by atoms with Gasteiger partial charge in [0.1, 0.15) is 0 Å². The molecule has 20 heavy (non-hydrogen) atoms. The van der Waals surface area contributed by atoms with Crippen LogP contribution >= 0.6 is 0 Å². The van der Waals surface area contributed by atoms with Crippen molar-refractivity contribution in [2.45, 2.75) is 32.4 Å². The smallest absolute Gasteiger partial charge is 0.161 e.